The van der Waals surface area contributed by atoms with Crippen LogP contribution in [0.15, 0.2) is 0 Å². The summed E-state index contributed by atoms with van der Waals surface area (Å²) in [6, 6.07) is 0.223. The summed E-state index contributed by atoms with van der Waals surface area (Å²) in [5, 5.41) is 9.19. The molecule has 0 spiro atoms. The van der Waals surface area contributed by atoms with Gasteiger partial charge in [0.1, 0.15) is 0 Å². The normalized spacial score (nSPS) is 35.1. The van der Waals surface area contributed by atoms with Crippen molar-refractivity contribution in [2.24, 2.45) is 5.92 Å². The van der Waals surface area contributed by atoms with E-state index in [0.717, 1.165) is 39.0 Å². The maximum absolute atomic E-state index is 11.2. The predicted molar refractivity (Wildman–Crippen MR) is 60.4 cm³/mol. The minimum atomic E-state index is -0.633. The number of rotatable bonds is 2. The highest BCUT2D eigenvalue weighted by molar-refractivity contribution is 5.71. The number of carbonyl (C=O) groups is 1. The summed E-state index contributed by atoms with van der Waals surface area (Å²) in [6.07, 6.45) is 2.89. The van der Waals surface area contributed by atoms with Gasteiger partial charge in [-0.25, -0.2) is 0 Å². The third kappa shape index (κ3) is 2.38. The Balaban J connectivity index is 2.03. The van der Waals surface area contributed by atoms with Crippen molar-refractivity contribution in [1.29, 1.82) is 0 Å². The van der Waals surface area contributed by atoms with E-state index in [0.29, 0.717) is 0 Å². The first-order valence-corrected chi connectivity index (χ1v) is 6.10. The van der Waals surface area contributed by atoms with E-state index in [9.17, 15) is 9.90 Å². The van der Waals surface area contributed by atoms with Gasteiger partial charge in [-0.05, 0) is 26.7 Å². The van der Waals surface area contributed by atoms with Crippen LogP contribution >= 0.6 is 0 Å². The lowest BCUT2D eigenvalue weighted by atomic mass is 9.99. The molecule has 0 amide bonds. The molecule has 1 saturated carbocycles. The maximum Gasteiger partial charge on any atom is 0.308 e. The second kappa shape index (κ2) is 4.34. The Hall–Kier alpha value is -0.610. The molecule has 1 heterocycles. The zero-order valence-corrected chi connectivity index (χ0v) is 10.1. The van der Waals surface area contributed by atoms with Gasteiger partial charge in [0, 0.05) is 19.1 Å². The number of morpholine rings is 1. The van der Waals surface area contributed by atoms with Crippen molar-refractivity contribution in [3.8, 4) is 0 Å². The van der Waals surface area contributed by atoms with Crippen molar-refractivity contribution in [2.75, 3.05) is 19.7 Å². The molecule has 0 radical (unpaired) electrons. The molecular formula is C12H21NO3. The minimum absolute atomic E-state index is 0.135. The first-order valence-electron chi connectivity index (χ1n) is 6.10. The second-order valence-electron chi connectivity index (χ2n) is 5.52. The van der Waals surface area contributed by atoms with Gasteiger partial charge >= 0.3 is 5.97 Å². The van der Waals surface area contributed by atoms with Crippen LogP contribution in [0, 0.1) is 5.92 Å². The van der Waals surface area contributed by atoms with E-state index in [4.69, 9.17) is 4.74 Å². The summed E-state index contributed by atoms with van der Waals surface area (Å²) < 4.78 is 5.66. The largest absolute Gasteiger partial charge is 0.481 e. The average Bonchev–Trinajstić information content (AvgIpc) is 2.64. The summed E-state index contributed by atoms with van der Waals surface area (Å²) in [6.45, 7) is 6.59. The highest BCUT2D eigenvalue weighted by Crippen LogP contribution is 2.32. The van der Waals surface area contributed by atoms with Crippen LogP contribution in [-0.4, -0.2) is 47.3 Å². The van der Waals surface area contributed by atoms with Gasteiger partial charge in [-0.2, -0.15) is 0 Å². The molecule has 0 aromatic rings. The lowest BCUT2D eigenvalue weighted by molar-refractivity contribution is -0.146. The standard InChI is InChI=1S/C12H21NO3/c1-12(2)8-13(6-7-16-12)10-5-3-4-9(10)11(14)15/h9-10H,3-8H2,1-2H3,(H,14,15). The molecule has 0 aromatic heterocycles. The molecule has 1 aliphatic carbocycles. The third-order valence-electron chi connectivity index (χ3n) is 3.72. The van der Waals surface area contributed by atoms with Crippen molar-refractivity contribution < 1.29 is 14.6 Å². The van der Waals surface area contributed by atoms with Gasteiger partial charge in [0.25, 0.3) is 0 Å². The van der Waals surface area contributed by atoms with Crippen molar-refractivity contribution in [3.63, 3.8) is 0 Å². The first-order chi connectivity index (χ1) is 7.49. The van der Waals surface area contributed by atoms with E-state index in [1.807, 2.05) is 0 Å². The molecule has 4 heteroatoms. The topological polar surface area (TPSA) is 49.8 Å². The monoisotopic (exact) mass is 227 g/mol. The van der Waals surface area contributed by atoms with E-state index in [2.05, 4.69) is 18.7 Å². The highest BCUT2D eigenvalue weighted by Gasteiger charge is 2.40. The van der Waals surface area contributed by atoms with Crippen molar-refractivity contribution in [1.82, 2.24) is 4.90 Å². The van der Waals surface area contributed by atoms with Crippen molar-refractivity contribution >= 4 is 5.97 Å². The summed E-state index contributed by atoms with van der Waals surface area (Å²) >= 11 is 0. The lowest BCUT2D eigenvalue weighted by Gasteiger charge is -2.42. The molecular weight excluding hydrogens is 206 g/mol. The van der Waals surface area contributed by atoms with Crippen LogP contribution in [0.2, 0.25) is 0 Å². The van der Waals surface area contributed by atoms with Gasteiger partial charge in [0.15, 0.2) is 0 Å². The molecule has 2 aliphatic rings. The minimum Gasteiger partial charge on any atom is -0.481 e. The maximum atomic E-state index is 11.2. The van der Waals surface area contributed by atoms with E-state index in [1.54, 1.807) is 0 Å². The van der Waals surface area contributed by atoms with E-state index in [-0.39, 0.29) is 17.6 Å². The summed E-state index contributed by atoms with van der Waals surface area (Å²) in [4.78, 5) is 13.5. The number of hydrogen-bond donors (Lipinski definition) is 1. The highest BCUT2D eigenvalue weighted by atomic mass is 16.5. The number of carboxylic acid groups (broad SMARTS) is 1. The fourth-order valence-electron chi connectivity index (χ4n) is 3.00. The molecule has 2 unspecified atom stereocenters. The predicted octanol–water partition coefficient (Wildman–Crippen LogP) is 1.35. The van der Waals surface area contributed by atoms with Crippen LogP contribution < -0.4 is 0 Å². The van der Waals surface area contributed by atoms with Crippen molar-refractivity contribution in [2.45, 2.75) is 44.8 Å². The molecule has 0 bridgehead atoms. The zero-order chi connectivity index (χ0) is 11.8. The number of carboxylic acids is 1. The average molecular weight is 227 g/mol. The van der Waals surface area contributed by atoms with Gasteiger partial charge in [-0.15, -0.1) is 0 Å². The fourth-order valence-corrected chi connectivity index (χ4v) is 3.00. The number of aliphatic carboxylic acids is 1. The van der Waals surface area contributed by atoms with Gasteiger partial charge in [-0.1, -0.05) is 6.42 Å². The Kier molecular flexibility index (Phi) is 3.22. The second-order valence-corrected chi connectivity index (χ2v) is 5.52. The van der Waals surface area contributed by atoms with Gasteiger partial charge in [0.05, 0.1) is 18.1 Å². The summed E-state index contributed by atoms with van der Waals surface area (Å²) in [5.74, 6) is -0.805. The van der Waals surface area contributed by atoms with Crippen LogP contribution in [0.5, 0.6) is 0 Å². The molecule has 4 nitrogen and oxygen atoms in total. The van der Waals surface area contributed by atoms with Crippen LogP contribution in [-0.2, 0) is 9.53 Å². The number of ether oxygens (including phenoxy) is 1. The molecule has 16 heavy (non-hydrogen) atoms. The Morgan fingerprint density at radius 3 is 2.81 bits per heavy atom. The Bertz CT molecular complexity index is 277. The van der Waals surface area contributed by atoms with Gasteiger partial charge in [0.2, 0.25) is 0 Å². The lowest BCUT2D eigenvalue weighted by Crippen LogP contribution is -2.53. The Morgan fingerprint density at radius 2 is 2.19 bits per heavy atom. The first kappa shape index (κ1) is 11.9. The van der Waals surface area contributed by atoms with Gasteiger partial charge < -0.3 is 9.84 Å². The molecule has 2 atom stereocenters. The zero-order valence-electron chi connectivity index (χ0n) is 10.1. The summed E-state index contributed by atoms with van der Waals surface area (Å²) in [7, 11) is 0. The smallest absolute Gasteiger partial charge is 0.308 e. The van der Waals surface area contributed by atoms with Crippen LogP contribution in [0.25, 0.3) is 0 Å². The Morgan fingerprint density at radius 1 is 1.44 bits per heavy atom. The summed E-state index contributed by atoms with van der Waals surface area (Å²) in [5.41, 5.74) is -0.135. The van der Waals surface area contributed by atoms with E-state index < -0.39 is 5.97 Å². The quantitative estimate of drug-likeness (QED) is 0.773. The molecule has 2 rings (SSSR count). The van der Waals surface area contributed by atoms with Crippen LogP contribution in [0.1, 0.15) is 33.1 Å². The number of nitrogens with zero attached hydrogens (tertiary/aromatic N) is 1. The SMILES string of the molecule is CC1(C)CN(C2CCCC2C(=O)O)CCO1. The Labute approximate surface area is 96.6 Å². The molecule has 0 aromatic carbocycles. The number of hydrogen-bond acceptors (Lipinski definition) is 3. The molecule has 2 fully saturated rings. The van der Waals surface area contributed by atoms with E-state index in [1.165, 1.54) is 0 Å². The molecule has 1 saturated heterocycles. The molecule has 1 aliphatic heterocycles. The third-order valence-corrected chi connectivity index (χ3v) is 3.72. The van der Waals surface area contributed by atoms with Crippen LogP contribution in [0.4, 0.5) is 0 Å². The van der Waals surface area contributed by atoms with E-state index >= 15 is 0 Å². The van der Waals surface area contributed by atoms with Crippen molar-refractivity contribution in [3.05, 3.63) is 0 Å². The molecule has 1 N–H and O–H groups in total. The fraction of sp³-hybridized carbons (Fsp3) is 0.917. The molecule has 92 valence electrons. The van der Waals surface area contributed by atoms with Gasteiger partial charge in [-0.3, -0.25) is 9.69 Å². The van der Waals surface area contributed by atoms with Crippen LogP contribution in [0.3, 0.4) is 0 Å².